The van der Waals surface area contributed by atoms with Crippen LogP contribution in [-0.4, -0.2) is 49.9 Å². The van der Waals surface area contributed by atoms with E-state index in [-0.39, 0.29) is 30.2 Å². The summed E-state index contributed by atoms with van der Waals surface area (Å²) in [5, 5.41) is 3.73. The zero-order valence-corrected chi connectivity index (χ0v) is 29.1. The second-order valence-electron chi connectivity index (χ2n) is 11.9. The van der Waals surface area contributed by atoms with E-state index in [9.17, 15) is 18.0 Å². The zero-order chi connectivity index (χ0) is 34.2. The number of carbonyl (C=O) groups excluding carboxylic acids is 2. The van der Waals surface area contributed by atoms with Crippen LogP contribution in [0.4, 0.5) is 5.69 Å². The molecule has 248 valence electrons. The van der Waals surface area contributed by atoms with Gasteiger partial charge in [0.15, 0.2) is 0 Å². The monoisotopic (exact) mass is 695 g/mol. The number of nitrogens with zero attached hydrogens (tertiary/aromatic N) is 2. The van der Waals surface area contributed by atoms with Crippen molar-refractivity contribution in [1.82, 2.24) is 10.2 Å². The number of benzene rings is 4. The Balaban J connectivity index is 1.87. The van der Waals surface area contributed by atoms with Crippen LogP contribution in [0.15, 0.2) is 108 Å². The van der Waals surface area contributed by atoms with Gasteiger partial charge in [-0.1, -0.05) is 89.9 Å². The molecule has 0 aliphatic heterocycles. The molecule has 0 spiro atoms. The Kier molecular flexibility index (Phi) is 12.0. The maximum atomic E-state index is 14.7. The maximum Gasteiger partial charge on any atom is 0.264 e. The Labute approximate surface area is 287 Å². The van der Waals surface area contributed by atoms with Crippen molar-refractivity contribution in [3.63, 3.8) is 0 Å². The van der Waals surface area contributed by atoms with Crippen LogP contribution in [0.25, 0.3) is 0 Å². The van der Waals surface area contributed by atoms with Crippen molar-refractivity contribution in [3.8, 4) is 5.75 Å². The second-order valence-corrected chi connectivity index (χ2v) is 14.6. The van der Waals surface area contributed by atoms with Gasteiger partial charge < -0.3 is 15.0 Å². The van der Waals surface area contributed by atoms with Crippen molar-refractivity contribution in [1.29, 1.82) is 0 Å². The van der Waals surface area contributed by atoms with E-state index in [4.69, 9.17) is 27.9 Å². The second kappa shape index (κ2) is 15.7. The first kappa shape index (κ1) is 35.8. The van der Waals surface area contributed by atoms with Gasteiger partial charge in [-0.2, -0.15) is 0 Å². The van der Waals surface area contributed by atoms with Crippen molar-refractivity contribution >= 4 is 50.7 Å². The third kappa shape index (κ3) is 9.50. The lowest BCUT2D eigenvalue weighted by Crippen LogP contribution is -2.56. The third-order valence-electron chi connectivity index (χ3n) is 7.17. The van der Waals surface area contributed by atoms with Crippen molar-refractivity contribution in [2.45, 2.75) is 57.1 Å². The first-order chi connectivity index (χ1) is 22.3. The van der Waals surface area contributed by atoms with Crippen LogP contribution < -0.4 is 14.4 Å². The molecular formula is C36H39Cl2N3O5S. The van der Waals surface area contributed by atoms with E-state index < -0.39 is 40.0 Å². The summed E-state index contributed by atoms with van der Waals surface area (Å²) in [5.41, 5.74) is 0.933. The van der Waals surface area contributed by atoms with E-state index in [0.717, 1.165) is 9.87 Å². The molecule has 0 bridgehead atoms. The molecule has 0 fully saturated rings. The number of para-hydroxylation sites is 2. The topological polar surface area (TPSA) is 96.0 Å². The highest BCUT2D eigenvalue weighted by Crippen LogP contribution is 2.33. The third-order valence-corrected chi connectivity index (χ3v) is 9.53. The van der Waals surface area contributed by atoms with Gasteiger partial charge in [-0.15, -0.1) is 0 Å². The summed E-state index contributed by atoms with van der Waals surface area (Å²) in [6.07, 6.45) is 0.167. The van der Waals surface area contributed by atoms with E-state index in [1.807, 2.05) is 51.1 Å². The van der Waals surface area contributed by atoms with Crippen LogP contribution in [0.2, 0.25) is 10.0 Å². The number of nitrogens with one attached hydrogen (secondary N) is 1. The molecule has 0 aliphatic rings. The lowest BCUT2D eigenvalue weighted by Gasteiger charge is -2.35. The fourth-order valence-corrected chi connectivity index (χ4v) is 6.93. The number of amides is 2. The van der Waals surface area contributed by atoms with E-state index in [1.54, 1.807) is 67.6 Å². The average molecular weight is 697 g/mol. The summed E-state index contributed by atoms with van der Waals surface area (Å²) in [5.74, 6) is -0.723. The summed E-state index contributed by atoms with van der Waals surface area (Å²) in [6.45, 7) is 6.91. The summed E-state index contributed by atoms with van der Waals surface area (Å²) in [6, 6.07) is 27.7. The minimum atomic E-state index is -4.28. The lowest BCUT2D eigenvalue weighted by atomic mass is 10.0. The number of sulfonamides is 1. The molecular weight excluding hydrogens is 657 g/mol. The maximum absolute atomic E-state index is 14.7. The summed E-state index contributed by atoms with van der Waals surface area (Å²) >= 11 is 12.8. The van der Waals surface area contributed by atoms with Crippen molar-refractivity contribution in [2.75, 3.05) is 17.5 Å². The summed E-state index contributed by atoms with van der Waals surface area (Å²) in [7, 11) is -4.28. The number of carbonyl (C=O) groups is 2. The van der Waals surface area contributed by atoms with Crippen LogP contribution in [0.5, 0.6) is 5.75 Å². The fraction of sp³-hybridized carbons (Fsp3) is 0.278. The Morgan fingerprint density at radius 3 is 2.11 bits per heavy atom. The molecule has 8 nitrogen and oxygen atoms in total. The number of halogens is 2. The van der Waals surface area contributed by atoms with Gasteiger partial charge in [0.05, 0.1) is 17.2 Å². The molecule has 0 saturated carbocycles. The molecule has 4 rings (SSSR count). The molecule has 0 unspecified atom stereocenters. The van der Waals surface area contributed by atoms with Gasteiger partial charge in [0.25, 0.3) is 10.0 Å². The number of ether oxygens (including phenoxy) is 1. The molecule has 0 aromatic heterocycles. The highest BCUT2D eigenvalue weighted by Gasteiger charge is 2.36. The molecule has 1 atom stereocenters. The predicted molar refractivity (Wildman–Crippen MR) is 187 cm³/mol. The smallest absolute Gasteiger partial charge is 0.264 e. The molecule has 4 aromatic rings. The SMILES string of the molecule is CCOc1ccccc1N(CC(=O)N(Cc1ccc(Cl)cc1Cl)[C@@H](Cc1ccccc1)C(=O)NC(C)(C)C)S(=O)(=O)c1ccccc1. The van der Waals surface area contributed by atoms with Crippen LogP contribution in [0.1, 0.15) is 38.8 Å². The molecule has 11 heteroatoms. The van der Waals surface area contributed by atoms with Crippen LogP contribution in [0, 0.1) is 0 Å². The van der Waals surface area contributed by atoms with Gasteiger partial charge in [-0.25, -0.2) is 8.42 Å². The van der Waals surface area contributed by atoms with Gasteiger partial charge in [-0.05, 0) is 75.2 Å². The van der Waals surface area contributed by atoms with Gasteiger partial charge in [0, 0.05) is 28.5 Å². The molecule has 1 N–H and O–H groups in total. The quantitative estimate of drug-likeness (QED) is 0.160. The molecule has 0 saturated heterocycles. The Morgan fingerprint density at radius 1 is 0.872 bits per heavy atom. The first-order valence-corrected chi connectivity index (χ1v) is 17.4. The number of anilines is 1. The standard InChI is InChI=1S/C36H39Cl2N3O5S/c1-5-46-33-19-13-12-18-31(33)41(47(44,45)29-16-10-7-11-17-29)25-34(42)40(24-27-20-21-28(37)23-30(27)38)32(35(43)39-36(2,3)4)22-26-14-8-6-9-15-26/h6-21,23,32H,5,22,24-25H2,1-4H3,(H,39,43)/t32-/m0/s1. The molecule has 2 amide bonds. The zero-order valence-electron chi connectivity index (χ0n) is 26.8. The Hall–Kier alpha value is -4.05. The average Bonchev–Trinajstić information content (AvgIpc) is 3.03. The van der Waals surface area contributed by atoms with Crippen LogP contribution in [-0.2, 0) is 32.6 Å². The van der Waals surface area contributed by atoms with E-state index in [1.165, 1.54) is 17.0 Å². The number of rotatable bonds is 13. The molecule has 0 aliphatic carbocycles. The number of hydrogen-bond donors (Lipinski definition) is 1. The molecule has 0 radical (unpaired) electrons. The van der Waals surface area contributed by atoms with Crippen LogP contribution >= 0.6 is 23.2 Å². The van der Waals surface area contributed by atoms with Gasteiger partial charge >= 0.3 is 0 Å². The molecule has 47 heavy (non-hydrogen) atoms. The molecule has 0 heterocycles. The summed E-state index contributed by atoms with van der Waals surface area (Å²) < 4.78 is 35.4. The van der Waals surface area contributed by atoms with Crippen molar-refractivity contribution in [2.24, 2.45) is 0 Å². The largest absolute Gasteiger partial charge is 0.492 e. The van der Waals surface area contributed by atoms with Gasteiger partial charge in [0.1, 0.15) is 18.3 Å². The van der Waals surface area contributed by atoms with Crippen molar-refractivity contribution in [3.05, 3.63) is 124 Å². The Bertz CT molecular complexity index is 1780. The van der Waals surface area contributed by atoms with E-state index in [0.29, 0.717) is 21.4 Å². The first-order valence-electron chi connectivity index (χ1n) is 15.2. The predicted octanol–water partition coefficient (Wildman–Crippen LogP) is 7.14. The van der Waals surface area contributed by atoms with Crippen LogP contribution in [0.3, 0.4) is 0 Å². The molecule has 4 aromatic carbocycles. The minimum Gasteiger partial charge on any atom is -0.492 e. The summed E-state index contributed by atoms with van der Waals surface area (Å²) in [4.78, 5) is 30.1. The lowest BCUT2D eigenvalue weighted by molar-refractivity contribution is -0.140. The minimum absolute atomic E-state index is 0.00212. The Morgan fingerprint density at radius 2 is 1.49 bits per heavy atom. The van der Waals surface area contributed by atoms with E-state index in [2.05, 4.69) is 5.32 Å². The van der Waals surface area contributed by atoms with E-state index >= 15 is 0 Å². The van der Waals surface area contributed by atoms with Crippen molar-refractivity contribution < 1.29 is 22.7 Å². The fourth-order valence-electron chi connectivity index (χ4n) is 5.01. The van der Waals surface area contributed by atoms with Gasteiger partial charge in [0.2, 0.25) is 11.8 Å². The normalized spacial score (nSPS) is 12.2. The number of hydrogen-bond acceptors (Lipinski definition) is 5. The van der Waals surface area contributed by atoms with Gasteiger partial charge in [-0.3, -0.25) is 13.9 Å². The highest BCUT2D eigenvalue weighted by atomic mass is 35.5. The highest BCUT2D eigenvalue weighted by molar-refractivity contribution is 7.92.